The van der Waals surface area contributed by atoms with Gasteiger partial charge >= 0.3 is 0 Å². The predicted molar refractivity (Wildman–Crippen MR) is 94.1 cm³/mol. The molecule has 0 saturated carbocycles. The Kier molecular flexibility index (Phi) is 6.91. The highest BCUT2D eigenvalue weighted by Crippen LogP contribution is 2.20. The number of anilines is 1. The average molecular weight is 333 g/mol. The van der Waals surface area contributed by atoms with Crippen LogP contribution in [-0.4, -0.2) is 37.6 Å². The summed E-state index contributed by atoms with van der Waals surface area (Å²) in [6.45, 7) is 1.72. The lowest BCUT2D eigenvalue weighted by atomic mass is 10.3. The molecule has 0 atom stereocenters. The van der Waals surface area contributed by atoms with Gasteiger partial charge in [0.25, 0.3) is 0 Å². The first-order valence-corrected chi connectivity index (χ1v) is 7.94. The second kappa shape index (κ2) is 9.18. The molecule has 0 bridgehead atoms. The second-order valence-electron chi connectivity index (χ2n) is 5.28. The van der Waals surface area contributed by atoms with Crippen molar-refractivity contribution >= 4 is 23.2 Å². The summed E-state index contributed by atoms with van der Waals surface area (Å²) in [6, 6.07) is 16.9. The highest BCUT2D eigenvalue weighted by molar-refractivity contribution is 6.33. The van der Waals surface area contributed by atoms with Gasteiger partial charge in [-0.3, -0.25) is 9.69 Å². The van der Waals surface area contributed by atoms with Crippen LogP contribution in [0.2, 0.25) is 5.02 Å². The molecular weight excluding hydrogens is 312 g/mol. The minimum atomic E-state index is -0.0791. The summed E-state index contributed by atoms with van der Waals surface area (Å²) < 4.78 is 5.63. The zero-order valence-corrected chi connectivity index (χ0v) is 13.9. The van der Waals surface area contributed by atoms with Gasteiger partial charge in [0, 0.05) is 6.54 Å². The van der Waals surface area contributed by atoms with E-state index in [2.05, 4.69) is 5.32 Å². The topological polar surface area (TPSA) is 41.6 Å². The molecule has 2 rings (SSSR count). The normalized spacial score (nSPS) is 10.6. The largest absolute Gasteiger partial charge is 0.494 e. The van der Waals surface area contributed by atoms with E-state index in [-0.39, 0.29) is 5.91 Å². The summed E-state index contributed by atoms with van der Waals surface area (Å²) in [7, 11) is 1.91. The first kappa shape index (κ1) is 17.3. The second-order valence-corrected chi connectivity index (χ2v) is 5.69. The number of rotatable bonds is 8. The van der Waals surface area contributed by atoms with E-state index in [0.29, 0.717) is 23.9 Å². The maximum Gasteiger partial charge on any atom is 0.238 e. The third-order valence-corrected chi connectivity index (χ3v) is 3.59. The van der Waals surface area contributed by atoms with Crippen LogP contribution in [0.25, 0.3) is 0 Å². The van der Waals surface area contributed by atoms with Gasteiger partial charge in [-0.15, -0.1) is 0 Å². The van der Waals surface area contributed by atoms with Crippen molar-refractivity contribution < 1.29 is 9.53 Å². The number of ether oxygens (including phenoxy) is 1. The van der Waals surface area contributed by atoms with Crippen molar-refractivity contribution in [3.05, 3.63) is 59.6 Å². The van der Waals surface area contributed by atoms with E-state index in [0.717, 1.165) is 18.7 Å². The van der Waals surface area contributed by atoms with Gasteiger partial charge < -0.3 is 10.1 Å². The molecule has 23 heavy (non-hydrogen) atoms. The molecule has 0 aliphatic rings. The highest BCUT2D eigenvalue weighted by atomic mass is 35.5. The van der Waals surface area contributed by atoms with Crippen molar-refractivity contribution in [1.82, 2.24) is 4.90 Å². The summed E-state index contributed by atoms with van der Waals surface area (Å²) in [5, 5.41) is 3.36. The molecule has 0 unspecified atom stereocenters. The van der Waals surface area contributed by atoms with Gasteiger partial charge in [-0.1, -0.05) is 41.9 Å². The lowest BCUT2D eigenvalue weighted by Crippen LogP contribution is -2.31. The van der Waals surface area contributed by atoms with Crippen molar-refractivity contribution in [3.63, 3.8) is 0 Å². The summed E-state index contributed by atoms with van der Waals surface area (Å²) in [4.78, 5) is 13.9. The number of likely N-dealkylation sites (N-methyl/N-ethyl adjacent to an activating group) is 1. The third-order valence-electron chi connectivity index (χ3n) is 3.26. The Morgan fingerprint density at radius 3 is 2.57 bits per heavy atom. The predicted octanol–water partition coefficient (Wildman–Crippen LogP) is 3.68. The molecule has 0 heterocycles. The van der Waals surface area contributed by atoms with Crippen molar-refractivity contribution in [1.29, 1.82) is 0 Å². The minimum Gasteiger partial charge on any atom is -0.494 e. The fourth-order valence-corrected chi connectivity index (χ4v) is 2.30. The number of nitrogens with one attached hydrogen (secondary N) is 1. The number of nitrogens with zero attached hydrogens (tertiary/aromatic N) is 1. The zero-order chi connectivity index (χ0) is 16.5. The fourth-order valence-electron chi connectivity index (χ4n) is 2.12. The van der Waals surface area contributed by atoms with Crippen molar-refractivity contribution in [2.24, 2.45) is 0 Å². The summed E-state index contributed by atoms with van der Waals surface area (Å²) in [5.41, 5.74) is 0.639. The lowest BCUT2D eigenvalue weighted by Gasteiger charge is -2.16. The Balaban J connectivity index is 1.65. The van der Waals surface area contributed by atoms with E-state index in [1.165, 1.54) is 0 Å². The first-order valence-electron chi connectivity index (χ1n) is 7.56. The first-order chi connectivity index (χ1) is 11.1. The monoisotopic (exact) mass is 332 g/mol. The van der Waals surface area contributed by atoms with Gasteiger partial charge in [-0.05, 0) is 37.7 Å². The van der Waals surface area contributed by atoms with Gasteiger partial charge in [0.15, 0.2) is 0 Å². The number of hydrogen-bond donors (Lipinski definition) is 1. The van der Waals surface area contributed by atoms with Crippen molar-refractivity contribution in [2.45, 2.75) is 6.42 Å². The standard InChI is InChI=1S/C18H21ClN2O2/c1-21(12-7-13-23-15-8-3-2-4-9-15)14-18(22)20-17-11-6-5-10-16(17)19/h2-6,8-11H,7,12-14H2,1H3,(H,20,22). The summed E-state index contributed by atoms with van der Waals surface area (Å²) in [6.07, 6.45) is 0.852. The third kappa shape index (κ3) is 6.30. The Morgan fingerprint density at radius 1 is 1.13 bits per heavy atom. The molecule has 2 aromatic rings. The van der Waals surface area contributed by atoms with Gasteiger partial charge in [0.2, 0.25) is 5.91 Å². The number of carbonyl (C=O) groups is 1. The molecule has 1 amide bonds. The van der Waals surface area contributed by atoms with E-state index in [9.17, 15) is 4.79 Å². The average Bonchev–Trinajstić information content (AvgIpc) is 2.55. The molecule has 1 N–H and O–H groups in total. The van der Waals surface area contributed by atoms with E-state index in [4.69, 9.17) is 16.3 Å². The maximum absolute atomic E-state index is 12.0. The lowest BCUT2D eigenvalue weighted by molar-refractivity contribution is -0.117. The van der Waals surface area contributed by atoms with Crippen LogP contribution in [0.3, 0.4) is 0 Å². The number of halogens is 1. The number of amides is 1. The van der Waals surface area contributed by atoms with Crippen LogP contribution in [0.5, 0.6) is 5.75 Å². The number of carbonyl (C=O) groups excluding carboxylic acids is 1. The number of benzene rings is 2. The Hall–Kier alpha value is -2.04. The Labute approximate surface area is 142 Å². The smallest absolute Gasteiger partial charge is 0.238 e. The molecule has 0 radical (unpaired) electrons. The minimum absolute atomic E-state index is 0.0791. The van der Waals surface area contributed by atoms with Crippen LogP contribution in [0.1, 0.15) is 6.42 Å². The van der Waals surface area contributed by atoms with Gasteiger partial charge in [0.05, 0.1) is 23.9 Å². The molecule has 0 fully saturated rings. The molecule has 0 aliphatic heterocycles. The van der Waals surface area contributed by atoms with E-state index in [1.54, 1.807) is 12.1 Å². The molecule has 5 heteroatoms. The SMILES string of the molecule is CN(CCCOc1ccccc1)CC(=O)Nc1ccccc1Cl. The number of hydrogen-bond acceptors (Lipinski definition) is 3. The quantitative estimate of drug-likeness (QED) is 0.750. The van der Waals surface area contributed by atoms with Crippen molar-refractivity contribution in [2.75, 3.05) is 32.1 Å². The van der Waals surface area contributed by atoms with Gasteiger partial charge in [-0.2, -0.15) is 0 Å². The van der Waals surface area contributed by atoms with Gasteiger partial charge in [0.1, 0.15) is 5.75 Å². The fraction of sp³-hybridized carbons (Fsp3) is 0.278. The van der Waals surface area contributed by atoms with Crippen LogP contribution in [0.15, 0.2) is 54.6 Å². The summed E-state index contributed by atoms with van der Waals surface area (Å²) >= 11 is 6.02. The maximum atomic E-state index is 12.0. The van der Waals surface area contributed by atoms with E-state index in [1.807, 2.05) is 54.4 Å². The van der Waals surface area contributed by atoms with E-state index >= 15 is 0 Å². The highest BCUT2D eigenvalue weighted by Gasteiger charge is 2.08. The molecular formula is C18H21ClN2O2. The molecule has 0 spiro atoms. The molecule has 122 valence electrons. The van der Waals surface area contributed by atoms with Gasteiger partial charge in [-0.25, -0.2) is 0 Å². The molecule has 2 aromatic carbocycles. The van der Waals surface area contributed by atoms with Crippen LogP contribution >= 0.6 is 11.6 Å². The molecule has 0 aliphatic carbocycles. The van der Waals surface area contributed by atoms with Crippen LogP contribution < -0.4 is 10.1 Å². The number of para-hydroxylation sites is 2. The summed E-state index contributed by atoms with van der Waals surface area (Å²) in [5.74, 6) is 0.788. The van der Waals surface area contributed by atoms with Crippen LogP contribution in [0.4, 0.5) is 5.69 Å². The molecule has 4 nitrogen and oxygen atoms in total. The van der Waals surface area contributed by atoms with Crippen molar-refractivity contribution in [3.8, 4) is 5.75 Å². The van der Waals surface area contributed by atoms with E-state index < -0.39 is 0 Å². The van der Waals surface area contributed by atoms with Crippen LogP contribution in [-0.2, 0) is 4.79 Å². The van der Waals surface area contributed by atoms with Crippen LogP contribution in [0, 0.1) is 0 Å². The Morgan fingerprint density at radius 2 is 1.83 bits per heavy atom. The molecule has 0 saturated heterocycles. The zero-order valence-electron chi connectivity index (χ0n) is 13.2. The Bertz CT molecular complexity index is 619. The molecule has 0 aromatic heterocycles.